The van der Waals surface area contributed by atoms with E-state index in [9.17, 15) is 18.4 Å². The van der Waals surface area contributed by atoms with Crippen LogP contribution < -0.4 is 15.4 Å². The number of benzene rings is 1. The number of nitriles is 1. The number of alkyl halides is 3. The average molecular weight is 601 g/mol. The van der Waals surface area contributed by atoms with Gasteiger partial charge in [0.25, 0.3) is 0 Å². The van der Waals surface area contributed by atoms with Crippen LogP contribution in [0.3, 0.4) is 0 Å². The van der Waals surface area contributed by atoms with Crippen LogP contribution in [0.2, 0.25) is 0 Å². The molecule has 4 aliphatic carbocycles. The molecule has 1 aromatic heterocycles. The average Bonchev–Trinajstić information content (AvgIpc) is 2.94. The second-order valence-corrected chi connectivity index (χ2v) is 13.2. The highest BCUT2D eigenvalue weighted by Gasteiger charge is 2.56. The number of anilines is 2. The van der Waals surface area contributed by atoms with E-state index in [2.05, 4.69) is 43.4 Å². The maximum absolute atomic E-state index is 12.8. The number of para-hydroxylation sites is 1. The first-order valence-electron chi connectivity index (χ1n) is 15.0. The van der Waals surface area contributed by atoms with E-state index in [-0.39, 0.29) is 29.7 Å². The summed E-state index contributed by atoms with van der Waals surface area (Å²) in [6.07, 6.45) is 2.56. The third kappa shape index (κ3) is 6.54. The molecule has 2 N–H and O–H groups in total. The standard InChI is InChI=1S/C31H39F3N6O3/c1-29(2)41-16-24(17-42-29)40(3)26-21-8-19-9-22(26)12-30(10-19,11-21)18-38-27-23(13-35)15-37-28(39-27)36-14-20-6-4-5-7-25(20)43-31(32,33)34/h4-7,15,19,21-22,24,26H,8-12,14,16-18H2,1-3H3,(H2,36,37,38,39)/t19?,21-,22+,26-,30+. The predicted molar refractivity (Wildman–Crippen MR) is 153 cm³/mol. The summed E-state index contributed by atoms with van der Waals surface area (Å²) in [5.74, 6) is 1.75. The number of hydrogen-bond acceptors (Lipinski definition) is 9. The molecule has 7 rings (SSSR count). The first kappa shape index (κ1) is 29.9. The van der Waals surface area contributed by atoms with Crippen LogP contribution in [0.4, 0.5) is 24.9 Å². The normalized spacial score (nSPS) is 29.8. The summed E-state index contributed by atoms with van der Waals surface area (Å²) in [6, 6.07) is 8.86. The third-order valence-corrected chi connectivity index (χ3v) is 9.82. The van der Waals surface area contributed by atoms with Gasteiger partial charge < -0.3 is 24.8 Å². The van der Waals surface area contributed by atoms with Crippen LogP contribution in [0, 0.1) is 34.5 Å². The van der Waals surface area contributed by atoms with E-state index >= 15 is 0 Å². The van der Waals surface area contributed by atoms with Gasteiger partial charge in [-0.25, -0.2) is 4.98 Å². The van der Waals surface area contributed by atoms with Crippen molar-refractivity contribution >= 4 is 11.8 Å². The van der Waals surface area contributed by atoms with Crippen LogP contribution in [-0.4, -0.2) is 65.9 Å². The molecule has 5 aliphatic rings. The molecule has 5 atom stereocenters. The fraction of sp³-hybridized carbons (Fsp3) is 0.645. The summed E-state index contributed by atoms with van der Waals surface area (Å²) in [5, 5.41) is 16.2. The summed E-state index contributed by atoms with van der Waals surface area (Å²) in [4.78, 5) is 11.3. The molecule has 0 spiro atoms. The van der Waals surface area contributed by atoms with Gasteiger partial charge in [0.2, 0.25) is 5.95 Å². The van der Waals surface area contributed by atoms with Crippen molar-refractivity contribution < 1.29 is 27.4 Å². The van der Waals surface area contributed by atoms with Crippen molar-refractivity contribution in [1.29, 1.82) is 5.26 Å². The van der Waals surface area contributed by atoms with Crippen molar-refractivity contribution in [2.75, 3.05) is 37.4 Å². The van der Waals surface area contributed by atoms with Gasteiger partial charge in [0, 0.05) is 24.7 Å². The maximum Gasteiger partial charge on any atom is 0.573 e. The van der Waals surface area contributed by atoms with Gasteiger partial charge in [-0.3, -0.25) is 4.90 Å². The number of halogens is 3. The van der Waals surface area contributed by atoms with Gasteiger partial charge >= 0.3 is 6.36 Å². The van der Waals surface area contributed by atoms with Gasteiger partial charge in [0.05, 0.1) is 25.5 Å². The molecule has 232 valence electrons. The zero-order chi connectivity index (χ0) is 30.4. The largest absolute Gasteiger partial charge is 0.573 e. The SMILES string of the molecule is CN(C1COC(C)(C)OC1)[C@@H]1[C@@H]2CC3C[C@H]1C[C@](CNc1nc(NCc4ccccc4OC(F)(F)F)ncc1C#N)(C3)C2. The van der Waals surface area contributed by atoms with Crippen molar-refractivity contribution in [1.82, 2.24) is 14.9 Å². The molecular formula is C31H39F3N6O3. The molecule has 1 unspecified atom stereocenters. The summed E-state index contributed by atoms with van der Waals surface area (Å²) < 4.78 is 54.6. The highest BCUT2D eigenvalue weighted by atomic mass is 19.4. The Bertz CT molecular complexity index is 1340. The van der Waals surface area contributed by atoms with Crippen LogP contribution >= 0.6 is 0 Å². The minimum Gasteiger partial charge on any atom is -0.405 e. The zero-order valence-electron chi connectivity index (χ0n) is 24.8. The van der Waals surface area contributed by atoms with E-state index < -0.39 is 12.1 Å². The Hall–Kier alpha value is -3.14. The van der Waals surface area contributed by atoms with Crippen LogP contribution in [0.1, 0.15) is 57.1 Å². The Balaban J connectivity index is 1.11. The number of ether oxygens (including phenoxy) is 3. The topological polar surface area (TPSA) is 105 Å². The van der Waals surface area contributed by atoms with Crippen molar-refractivity contribution in [3.8, 4) is 11.8 Å². The molecule has 4 bridgehead atoms. The molecule has 43 heavy (non-hydrogen) atoms. The third-order valence-electron chi connectivity index (χ3n) is 9.82. The highest BCUT2D eigenvalue weighted by Crippen LogP contribution is 2.61. The number of hydrogen-bond donors (Lipinski definition) is 2. The van der Waals surface area contributed by atoms with E-state index in [1.165, 1.54) is 37.6 Å². The van der Waals surface area contributed by atoms with E-state index in [4.69, 9.17) is 9.47 Å². The molecule has 5 fully saturated rings. The Labute approximate surface area is 250 Å². The Kier molecular flexibility index (Phi) is 7.94. The molecule has 0 amide bonds. The monoisotopic (exact) mass is 600 g/mol. The highest BCUT2D eigenvalue weighted by molar-refractivity contribution is 5.53. The Morgan fingerprint density at radius 2 is 1.79 bits per heavy atom. The van der Waals surface area contributed by atoms with Crippen molar-refractivity contribution in [2.45, 2.75) is 76.7 Å². The smallest absolute Gasteiger partial charge is 0.405 e. The van der Waals surface area contributed by atoms with E-state index in [1.807, 2.05) is 13.8 Å². The minimum atomic E-state index is -4.79. The van der Waals surface area contributed by atoms with Gasteiger partial charge in [-0.2, -0.15) is 10.2 Å². The lowest BCUT2D eigenvalue weighted by Crippen LogP contribution is -2.63. The molecule has 12 heteroatoms. The van der Waals surface area contributed by atoms with Crippen LogP contribution in [0.5, 0.6) is 5.75 Å². The summed E-state index contributed by atoms with van der Waals surface area (Å²) in [5.41, 5.74) is 0.772. The van der Waals surface area contributed by atoms with E-state index in [1.54, 1.807) is 12.1 Å². The van der Waals surface area contributed by atoms with Crippen molar-refractivity contribution in [3.05, 3.63) is 41.6 Å². The van der Waals surface area contributed by atoms with Crippen LogP contribution in [0.25, 0.3) is 0 Å². The van der Waals surface area contributed by atoms with Crippen LogP contribution in [-0.2, 0) is 16.0 Å². The van der Waals surface area contributed by atoms with Gasteiger partial charge in [0.15, 0.2) is 5.79 Å². The van der Waals surface area contributed by atoms with Crippen LogP contribution in [0.15, 0.2) is 30.5 Å². The van der Waals surface area contributed by atoms with Gasteiger partial charge in [-0.05, 0) is 82.2 Å². The number of rotatable bonds is 9. The maximum atomic E-state index is 12.8. The zero-order valence-corrected chi connectivity index (χ0v) is 24.8. The van der Waals surface area contributed by atoms with Gasteiger partial charge in [-0.1, -0.05) is 18.2 Å². The number of likely N-dealkylation sites (N-methyl/N-ethyl adjacent to an activating group) is 1. The lowest BCUT2D eigenvalue weighted by molar-refractivity contribution is -0.275. The summed E-state index contributed by atoms with van der Waals surface area (Å²) >= 11 is 0. The van der Waals surface area contributed by atoms with Gasteiger partial charge in [0.1, 0.15) is 23.2 Å². The predicted octanol–water partition coefficient (Wildman–Crippen LogP) is 5.55. The summed E-state index contributed by atoms with van der Waals surface area (Å²) in [6.45, 7) is 6.02. The number of nitrogens with one attached hydrogen (secondary N) is 2. The molecule has 1 aromatic carbocycles. The lowest BCUT2D eigenvalue weighted by Gasteiger charge is -2.62. The molecule has 1 aliphatic heterocycles. The number of aromatic nitrogens is 2. The fourth-order valence-electron chi connectivity index (χ4n) is 8.21. The first-order valence-corrected chi connectivity index (χ1v) is 15.0. The molecule has 1 saturated heterocycles. The Morgan fingerprint density at radius 3 is 2.47 bits per heavy atom. The van der Waals surface area contributed by atoms with Crippen molar-refractivity contribution in [2.24, 2.45) is 23.2 Å². The van der Waals surface area contributed by atoms with E-state index in [0.717, 1.165) is 12.8 Å². The molecule has 4 saturated carbocycles. The molecular weight excluding hydrogens is 561 g/mol. The second kappa shape index (κ2) is 11.4. The molecule has 0 radical (unpaired) electrons. The second-order valence-electron chi connectivity index (χ2n) is 13.2. The van der Waals surface area contributed by atoms with E-state index in [0.29, 0.717) is 60.5 Å². The summed E-state index contributed by atoms with van der Waals surface area (Å²) in [7, 11) is 2.23. The Morgan fingerprint density at radius 1 is 1.09 bits per heavy atom. The molecule has 2 aromatic rings. The minimum absolute atomic E-state index is 0.0239. The fourth-order valence-corrected chi connectivity index (χ4v) is 8.21. The molecule has 9 nitrogen and oxygen atoms in total. The molecule has 2 heterocycles. The number of nitrogens with zero attached hydrogens (tertiary/aromatic N) is 4. The van der Waals surface area contributed by atoms with Gasteiger partial charge in [-0.15, -0.1) is 13.2 Å². The lowest BCUT2D eigenvalue weighted by atomic mass is 9.47. The van der Waals surface area contributed by atoms with Crippen molar-refractivity contribution in [3.63, 3.8) is 0 Å². The quantitative estimate of drug-likeness (QED) is 0.383. The first-order chi connectivity index (χ1) is 20.4.